The molecule has 2 aliphatic rings. The zero-order valence-electron chi connectivity index (χ0n) is 30.7. The maximum Gasteiger partial charge on any atom is 0.255 e. The average molecular weight is 707 g/mol. The predicted octanol–water partition coefficient (Wildman–Crippen LogP) is 2.23. The number of morpholine rings is 1. The van der Waals surface area contributed by atoms with Gasteiger partial charge >= 0.3 is 0 Å². The first-order chi connectivity index (χ1) is 24.3. The molecule has 1 saturated heterocycles. The van der Waals surface area contributed by atoms with Crippen LogP contribution in [0.2, 0.25) is 0 Å². The number of carbonyl (C=O) groups excluding carboxylic acids is 5. The highest BCUT2D eigenvalue weighted by molar-refractivity contribution is 6.01. The van der Waals surface area contributed by atoms with E-state index in [1.807, 2.05) is 52.0 Å². The Morgan fingerprint density at radius 3 is 2.24 bits per heavy atom. The number of carbonyl (C=O) groups is 5. The highest BCUT2D eigenvalue weighted by atomic mass is 16.5. The van der Waals surface area contributed by atoms with Crippen molar-refractivity contribution in [1.82, 2.24) is 31.1 Å². The highest BCUT2D eigenvalue weighted by Gasteiger charge is 2.35. The smallest absolute Gasteiger partial charge is 0.255 e. The summed E-state index contributed by atoms with van der Waals surface area (Å²) in [7, 11) is 1.51. The van der Waals surface area contributed by atoms with E-state index < -0.39 is 54.2 Å². The molecule has 0 bridgehead atoms. The van der Waals surface area contributed by atoms with Gasteiger partial charge in [-0.15, -0.1) is 0 Å². The van der Waals surface area contributed by atoms with Crippen LogP contribution in [-0.4, -0.2) is 103 Å². The number of benzene rings is 2. The van der Waals surface area contributed by atoms with Gasteiger partial charge in [0.05, 0.1) is 31.2 Å². The van der Waals surface area contributed by atoms with Gasteiger partial charge < -0.3 is 35.6 Å². The molecule has 4 N–H and O–H groups in total. The lowest BCUT2D eigenvalue weighted by atomic mass is 9.98. The normalized spacial score (nSPS) is 23.1. The van der Waals surface area contributed by atoms with Crippen LogP contribution in [0.5, 0.6) is 5.75 Å². The quantitative estimate of drug-likeness (QED) is 0.326. The van der Waals surface area contributed by atoms with Crippen LogP contribution in [0, 0.1) is 11.8 Å². The molecule has 0 spiro atoms. The van der Waals surface area contributed by atoms with Gasteiger partial charge in [-0.3, -0.25) is 28.9 Å². The molecule has 13 nitrogen and oxygen atoms in total. The lowest BCUT2D eigenvalue weighted by Gasteiger charge is -2.32. The van der Waals surface area contributed by atoms with Crippen LogP contribution in [0.25, 0.3) is 0 Å². The van der Waals surface area contributed by atoms with Gasteiger partial charge in [0.25, 0.3) is 5.91 Å². The van der Waals surface area contributed by atoms with E-state index in [2.05, 4.69) is 26.2 Å². The molecule has 2 aromatic rings. The molecular weight excluding hydrogens is 652 g/mol. The monoisotopic (exact) mass is 706 g/mol. The van der Waals surface area contributed by atoms with Gasteiger partial charge in [-0.1, -0.05) is 64.1 Å². The zero-order chi connectivity index (χ0) is 37.1. The second-order valence-corrected chi connectivity index (χ2v) is 14.3. The van der Waals surface area contributed by atoms with E-state index in [4.69, 9.17) is 9.47 Å². The van der Waals surface area contributed by atoms with Gasteiger partial charge in [0, 0.05) is 33.2 Å². The number of hydrogen-bond acceptors (Lipinski definition) is 8. The van der Waals surface area contributed by atoms with Crippen LogP contribution in [0.3, 0.4) is 0 Å². The third-order valence-corrected chi connectivity index (χ3v) is 9.11. The van der Waals surface area contributed by atoms with Crippen LogP contribution < -0.4 is 26.0 Å². The third kappa shape index (κ3) is 11.5. The van der Waals surface area contributed by atoms with Gasteiger partial charge in [-0.2, -0.15) is 0 Å². The molecule has 4 rings (SSSR count). The Morgan fingerprint density at radius 2 is 1.57 bits per heavy atom. The minimum Gasteiger partial charge on any atom is -0.491 e. The number of amides is 5. The summed E-state index contributed by atoms with van der Waals surface area (Å²) < 4.78 is 11.4. The van der Waals surface area contributed by atoms with Crippen molar-refractivity contribution in [2.24, 2.45) is 11.8 Å². The Labute approximate surface area is 301 Å². The first-order valence-corrected chi connectivity index (χ1v) is 17.9. The van der Waals surface area contributed by atoms with E-state index in [1.165, 1.54) is 11.9 Å². The van der Waals surface area contributed by atoms with E-state index in [1.54, 1.807) is 31.2 Å². The van der Waals surface area contributed by atoms with Crippen LogP contribution in [-0.2, 0) is 37.0 Å². The molecule has 0 aliphatic carbocycles. The number of nitrogens with zero attached hydrogens (tertiary/aromatic N) is 2. The topological polar surface area (TPSA) is 158 Å². The van der Waals surface area contributed by atoms with E-state index in [0.29, 0.717) is 6.42 Å². The molecule has 0 unspecified atom stereocenters. The summed E-state index contributed by atoms with van der Waals surface area (Å²) >= 11 is 0. The van der Waals surface area contributed by atoms with E-state index in [0.717, 1.165) is 44.0 Å². The van der Waals surface area contributed by atoms with Gasteiger partial charge in [-0.05, 0) is 48.4 Å². The Balaban J connectivity index is 1.58. The van der Waals surface area contributed by atoms with E-state index in [9.17, 15) is 24.0 Å². The first-order valence-electron chi connectivity index (χ1n) is 17.9. The Bertz CT molecular complexity index is 1510. The Hall–Kier alpha value is -4.49. The molecule has 278 valence electrons. The van der Waals surface area contributed by atoms with Crippen LogP contribution in [0.1, 0.15) is 68.9 Å². The lowest BCUT2D eigenvalue weighted by Crippen LogP contribution is -2.57. The van der Waals surface area contributed by atoms with Crippen molar-refractivity contribution in [3.05, 3.63) is 65.2 Å². The standard InChI is InChI=1S/C38H54N6O7/c1-24(2)19-31-37(48)42-34(25(3)4)38(49)40-26(5)23-51-32-10-8-7-9-29(32)35(46)41-30(20-33(45)43(31)6)36(47)39-21-27-11-13-28(14-12-27)22-44-15-17-50-18-16-44/h7-14,24-26,30-31,34H,15-23H2,1-6H3,(H,39,47)(H,40,49)(H,41,46)(H,42,48)/t26-,30-,31-,34+/m0/s1. The van der Waals surface area contributed by atoms with Gasteiger partial charge in [0.1, 0.15) is 30.5 Å². The summed E-state index contributed by atoms with van der Waals surface area (Å²) in [5.74, 6) is -2.49. The molecule has 13 heteroatoms. The second kappa shape index (κ2) is 18.7. The third-order valence-electron chi connectivity index (χ3n) is 9.11. The molecule has 1 fully saturated rings. The fourth-order valence-electron chi connectivity index (χ4n) is 6.07. The van der Waals surface area contributed by atoms with Crippen LogP contribution in [0.15, 0.2) is 48.5 Å². The van der Waals surface area contributed by atoms with Crippen molar-refractivity contribution in [3.63, 3.8) is 0 Å². The van der Waals surface area contributed by atoms with Crippen molar-refractivity contribution in [1.29, 1.82) is 0 Å². The van der Waals surface area contributed by atoms with Crippen molar-refractivity contribution >= 4 is 29.5 Å². The lowest BCUT2D eigenvalue weighted by molar-refractivity contribution is -0.142. The summed E-state index contributed by atoms with van der Waals surface area (Å²) in [6.45, 7) is 13.5. The van der Waals surface area contributed by atoms with Crippen molar-refractivity contribution in [3.8, 4) is 5.75 Å². The molecule has 2 heterocycles. The fraction of sp³-hybridized carbons (Fsp3) is 0.553. The minimum atomic E-state index is -1.26. The number of nitrogens with one attached hydrogen (secondary N) is 4. The summed E-state index contributed by atoms with van der Waals surface area (Å²) in [6, 6.07) is 11.0. The van der Waals surface area contributed by atoms with Crippen LogP contribution >= 0.6 is 0 Å². The van der Waals surface area contributed by atoms with Crippen molar-refractivity contribution < 1.29 is 33.4 Å². The minimum absolute atomic E-state index is 0.0316. The Morgan fingerprint density at radius 1 is 0.902 bits per heavy atom. The zero-order valence-corrected chi connectivity index (χ0v) is 30.7. The van der Waals surface area contributed by atoms with Gasteiger partial charge in [0.2, 0.25) is 23.6 Å². The van der Waals surface area contributed by atoms with Gasteiger partial charge in [-0.25, -0.2) is 0 Å². The molecule has 0 saturated carbocycles. The summed E-state index contributed by atoms with van der Waals surface area (Å²) in [4.78, 5) is 72.0. The fourth-order valence-corrected chi connectivity index (χ4v) is 6.07. The molecule has 2 aliphatic heterocycles. The first kappa shape index (κ1) is 39.3. The van der Waals surface area contributed by atoms with E-state index >= 15 is 0 Å². The molecule has 5 amide bonds. The molecule has 0 radical (unpaired) electrons. The maximum absolute atomic E-state index is 13.9. The Kier molecular flexibility index (Phi) is 14.4. The van der Waals surface area contributed by atoms with Crippen molar-refractivity contribution in [2.45, 2.75) is 84.7 Å². The van der Waals surface area contributed by atoms with E-state index in [-0.39, 0.29) is 42.2 Å². The largest absolute Gasteiger partial charge is 0.491 e. The number of para-hydroxylation sites is 1. The molecule has 4 atom stereocenters. The molecule has 2 aromatic carbocycles. The number of hydrogen-bond donors (Lipinski definition) is 4. The molecule has 0 aromatic heterocycles. The number of likely N-dealkylation sites (N-methyl/N-ethyl adjacent to an activating group) is 1. The maximum atomic E-state index is 13.9. The molecule has 51 heavy (non-hydrogen) atoms. The average Bonchev–Trinajstić information content (AvgIpc) is 3.10. The predicted molar refractivity (Wildman–Crippen MR) is 193 cm³/mol. The second-order valence-electron chi connectivity index (χ2n) is 14.3. The summed E-state index contributed by atoms with van der Waals surface area (Å²) in [6.07, 6.45) is -0.0779. The summed E-state index contributed by atoms with van der Waals surface area (Å²) in [5, 5.41) is 11.4. The summed E-state index contributed by atoms with van der Waals surface area (Å²) in [5.41, 5.74) is 2.18. The van der Waals surface area contributed by atoms with Crippen molar-refractivity contribution in [2.75, 3.05) is 40.0 Å². The SMILES string of the molecule is CC(C)C[C@H]1C(=O)N[C@H](C(C)C)C(=O)N[C@@H](C)COc2ccccc2C(=O)N[C@H](C(=O)NCc2ccc(CN3CCOCC3)cc2)CC(=O)N1C. The van der Waals surface area contributed by atoms with Gasteiger partial charge in [0.15, 0.2) is 0 Å². The number of ether oxygens (including phenoxy) is 2. The number of rotatable bonds is 8. The number of fused-ring (bicyclic) bond motifs is 1. The van der Waals surface area contributed by atoms with Crippen LogP contribution in [0.4, 0.5) is 0 Å². The molecular formula is C38H54N6O7. The highest BCUT2D eigenvalue weighted by Crippen LogP contribution is 2.20.